The van der Waals surface area contributed by atoms with Crippen molar-refractivity contribution in [3.05, 3.63) is 29.8 Å². The van der Waals surface area contributed by atoms with Gasteiger partial charge in [0.05, 0.1) is 12.1 Å². The average molecular weight is 235 g/mol. The van der Waals surface area contributed by atoms with Crippen LogP contribution in [-0.4, -0.2) is 47.9 Å². The molecular formula is C13H19N2O2. The summed E-state index contributed by atoms with van der Waals surface area (Å²) >= 11 is 0. The van der Waals surface area contributed by atoms with E-state index in [9.17, 15) is 10.2 Å². The maximum atomic E-state index is 9.49. The normalized spacial score (nSPS) is 22.8. The summed E-state index contributed by atoms with van der Waals surface area (Å²) in [6.07, 6.45) is 0.666. The molecule has 0 amide bonds. The van der Waals surface area contributed by atoms with E-state index in [4.69, 9.17) is 0 Å². The summed E-state index contributed by atoms with van der Waals surface area (Å²) < 4.78 is 0. The largest absolute Gasteiger partial charge is 0.508 e. The van der Waals surface area contributed by atoms with Gasteiger partial charge in [-0.15, -0.1) is 0 Å². The van der Waals surface area contributed by atoms with E-state index in [0.29, 0.717) is 0 Å². The SMILES string of the molecule is C[N]C(CN1CCC(O)C1)c1ccc(O)cc1. The molecule has 1 heterocycles. The molecule has 1 fully saturated rings. The third-order valence-electron chi connectivity index (χ3n) is 3.27. The van der Waals surface area contributed by atoms with Gasteiger partial charge in [-0.3, -0.25) is 4.90 Å². The topological polar surface area (TPSA) is 57.8 Å². The van der Waals surface area contributed by atoms with Crippen LogP contribution in [0, 0.1) is 0 Å². The Kier molecular flexibility index (Phi) is 3.99. The van der Waals surface area contributed by atoms with Gasteiger partial charge in [0.15, 0.2) is 0 Å². The summed E-state index contributed by atoms with van der Waals surface area (Å²) in [5.41, 5.74) is 1.10. The highest BCUT2D eigenvalue weighted by Crippen LogP contribution is 2.20. The summed E-state index contributed by atoms with van der Waals surface area (Å²) in [5.74, 6) is 0.278. The fourth-order valence-electron chi connectivity index (χ4n) is 2.26. The van der Waals surface area contributed by atoms with E-state index in [1.807, 2.05) is 19.2 Å². The molecule has 17 heavy (non-hydrogen) atoms. The molecule has 2 N–H and O–H groups in total. The molecule has 1 saturated heterocycles. The maximum Gasteiger partial charge on any atom is 0.115 e. The smallest absolute Gasteiger partial charge is 0.115 e. The number of aliphatic hydroxyl groups excluding tert-OH is 1. The van der Waals surface area contributed by atoms with Crippen LogP contribution in [0.5, 0.6) is 5.75 Å². The van der Waals surface area contributed by atoms with Crippen molar-refractivity contribution >= 4 is 0 Å². The lowest BCUT2D eigenvalue weighted by molar-refractivity contribution is 0.172. The highest BCUT2D eigenvalue weighted by molar-refractivity contribution is 5.28. The molecule has 2 atom stereocenters. The quantitative estimate of drug-likeness (QED) is 0.809. The number of β-amino-alcohol motifs (C(OH)–C–C–N with tert-alkyl or cyclic N) is 1. The lowest BCUT2D eigenvalue weighted by Crippen LogP contribution is -2.30. The zero-order valence-corrected chi connectivity index (χ0v) is 10.1. The van der Waals surface area contributed by atoms with Crippen LogP contribution in [0.25, 0.3) is 0 Å². The van der Waals surface area contributed by atoms with Crippen molar-refractivity contribution in [2.24, 2.45) is 0 Å². The summed E-state index contributed by atoms with van der Waals surface area (Å²) in [7, 11) is 1.81. The number of hydrogen-bond acceptors (Lipinski definition) is 3. The molecule has 2 unspecified atom stereocenters. The van der Waals surface area contributed by atoms with E-state index in [2.05, 4.69) is 10.2 Å². The second-order valence-electron chi connectivity index (χ2n) is 4.57. The molecule has 0 saturated carbocycles. The summed E-state index contributed by atoms with van der Waals surface area (Å²) in [6, 6.07) is 7.29. The number of aliphatic hydroxyl groups is 1. The first kappa shape index (κ1) is 12.4. The Morgan fingerprint density at radius 3 is 2.65 bits per heavy atom. The monoisotopic (exact) mass is 235 g/mol. The number of likely N-dealkylation sites (tertiary alicyclic amines) is 1. The molecular weight excluding hydrogens is 216 g/mol. The van der Waals surface area contributed by atoms with E-state index in [0.717, 1.165) is 31.6 Å². The zero-order chi connectivity index (χ0) is 12.3. The predicted molar refractivity (Wildman–Crippen MR) is 66.0 cm³/mol. The first-order chi connectivity index (χ1) is 8.19. The van der Waals surface area contributed by atoms with Crippen molar-refractivity contribution in [2.45, 2.75) is 18.6 Å². The van der Waals surface area contributed by atoms with Gasteiger partial charge in [-0.05, 0) is 24.1 Å². The molecule has 93 valence electrons. The number of phenolic OH excluding ortho intramolecular Hbond substituents is 1. The predicted octanol–water partition coefficient (Wildman–Crippen LogP) is 0.734. The van der Waals surface area contributed by atoms with Crippen LogP contribution in [0.1, 0.15) is 18.0 Å². The molecule has 4 heteroatoms. The lowest BCUT2D eigenvalue weighted by Gasteiger charge is -2.22. The van der Waals surface area contributed by atoms with Crippen LogP contribution >= 0.6 is 0 Å². The number of hydrogen-bond donors (Lipinski definition) is 2. The van der Waals surface area contributed by atoms with Crippen molar-refractivity contribution in [3.8, 4) is 5.75 Å². The second-order valence-corrected chi connectivity index (χ2v) is 4.57. The fourth-order valence-corrected chi connectivity index (χ4v) is 2.26. The first-order valence-electron chi connectivity index (χ1n) is 5.97. The number of rotatable bonds is 4. The average Bonchev–Trinajstić information content (AvgIpc) is 2.73. The van der Waals surface area contributed by atoms with Gasteiger partial charge in [-0.25, -0.2) is 5.32 Å². The van der Waals surface area contributed by atoms with E-state index in [-0.39, 0.29) is 17.9 Å². The Bertz CT molecular complexity index is 353. The molecule has 0 aliphatic carbocycles. The molecule has 1 aliphatic rings. The summed E-state index contributed by atoms with van der Waals surface area (Å²) in [4.78, 5) is 2.23. The molecule has 2 rings (SSSR count). The number of aromatic hydroxyl groups is 1. The summed E-state index contributed by atoms with van der Waals surface area (Å²) in [5, 5.41) is 23.1. The van der Waals surface area contributed by atoms with Crippen LogP contribution in [0.2, 0.25) is 0 Å². The van der Waals surface area contributed by atoms with Gasteiger partial charge in [0, 0.05) is 26.7 Å². The van der Waals surface area contributed by atoms with Gasteiger partial charge in [0.25, 0.3) is 0 Å². The van der Waals surface area contributed by atoms with Crippen molar-refractivity contribution in [1.29, 1.82) is 0 Å². The summed E-state index contributed by atoms with van der Waals surface area (Å²) in [6.45, 7) is 2.51. The standard InChI is InChI=1S/C13H19N2O2/c1-14-13(9-15-7-6-12(17)8-15)10-2-4-11(16)5-3-10/h2-5,12-13,16-17H,6-9H2,1H3. The van der Waals surface area contributed by atoms with E-state index in [1.165, 1.54) is 0 Å². The highest BCUT2D eigenvalue weighted by atomic mass is 16.3. The molecule has 1 aromatic carbocycles. The van der Waals surface area contributed by atoms with Gasteiger partial charge in [-0.1, -0.05) is 12.1 Å². The molecule has 0 spiro atoms. The van der Waals surface area contributed by atoms with E-state index in [1.54, 1.807) is 12.1 Å². The number of phenols is 1. The molecule has 1 aliphatic heterocycles. The van der Waals surface area contributed by atoms with Gasteiger partial charge >= 0.3 is 0 Å². The van der Waals surface area contributed by atoms with E-state index >= 15 is 0 Å². The minimum atomic E-state index is -0.188. The van der Waals surface area contributed by atoms with Gasteiger partial charge in [0.2, 0.25) is 0 Å². The molecule has 4 nitrogen and oxygen atoms in total. The van der Waals surface area contributed by atoms with Crippen molar-refractivity contribution in [3.63, 3.8) is 0 Å². The Morgan fingerprint density at radius 1 is 1.41 bits per heavy atom. The van der Waals surface area contributed by atoms with Crippen LogP contribution in [0.15, 0.2) is 24.3 Å². The first-order valence-corrected chi connectivity index (χ1v) is 5.97. The molecule has 0 bridgehead atoms. The Hall–Kier alpha value is -1.10. The Morgan fingerprint density at radius 2 is 2.12 bits per heavy atom. The third kappa shape index (κ3) is 3.19. The maximum absolute atomic E-state index is 9.49. The zero-order valence-electron chi connectivity index (χ0n) is 10.1. The lowest BCUT2D eigenvalue weighted by atomic mass is 10.1. The Labute approximate surface area is 102 Å². The van der Waals surface area contributed by atoms with Crippen LogP contribution < -0.4 is 5.32 Å². The molecule has 0 aromatic heterocycles. The highest BCUT2D eigenvalue weighted by Gasteiger charge is 2.23. The van der Waals surface area contributed by atoms with Crippen molar-refractivity contribution < 1.29 is 10.2 Å². The van der Waals surface area contributed by atoms with Gasteiger partial charge < -0.3 is 10.2 Å². The third-order valence-corrected chi connectivity index (χ3v) is 3.27. The number of nitrogens with zero attached hydrogens (tertiary/aromatic N) is 2. The van der Waals surface area contributed by atoms with Crippen molar-refractivity contribution in [1.82, 2.24) is 10.2 Å². The minimum absolute atomic E-state index is 0.112. The van der Waals surface area contributed by atoms with Crippen LogP contribution in [0.4, 0.5) is 0 Å². The Balaban J connectivity index is 1.98. The molecule has 1 radical (unpaired) electrons. The number of likely N-dealkylation sites (N-methyl/N-ethyl adjacent to an activating group) is 1. The number of benzene rings is 1. The van der Waals surface area contributed by atoms with Gasteiger partial charge in [-0.2, -0.15) is 0 Å². The van der Waals surface area contributed by atoms with Crippen LogP contribution in [0.3, 0.4) is 0 Å². The second kappa shape index (κ2) is 5.49. The molecule has 1 aromatic rings. The van der Waals surface area contributed by atoms with Crippen LogP contribution in [-0.2, 0) is 0 Å². The minimum Gasteiger partial charge on any atom is -0.508 e. The van der Waals surface area contributed by atoms with Crippen molar-refractivity contribution in [2.75, 3.05) is 26.7 Å². The van der Waals surface area contributed by atoms with E-state index < -0.39 is 0 Å². The fraction of sp³-hybridized carbons (Fsp3) is 0.538. The van der Waals surface area contributed by atoms with Gasteiger partial charge in [0.1, 0.15) is 5.75 Å².